The predicted molar refractivity (Wildman–Crippen MR) is 110 cm³/mol. The van der Waals surface area contributed by atoms with E-state index in [9.17, 15) is 4.79 Å². The van der Waals surface area contributed by atoms with Crippen molar-refractivity contribution >= 4 is 6.09 Å². The number of ether oxygens (including phenoxy) is 1. The largest absolute Gasteiger partial charge is 0.444 e. The highest BCUT2D eigenvalue weighted by Gasteiger charge is 2.32. The summed E-state index contributed by atoms with van der Waals surface area (Å²) in [7, 11) is 0. The van der Waals surface area contributed by atoms with Crippen LogP contribution in [0.3, 0.4) is 0 Å². The summed E-state index contributed by atoms with van der Waals surface area (Å²) in [6.45, 7) is 9.37. The molecule has 0 spiro atoms. The Morgan fingerprint density at radius 2 is 1.86 bits per heavy atom. The van der Waals surface area contributed by atoms with Crippen LogP contribution in [-0.4, -0.2) is 53.8 Å². The summed E-state index contributed by atoms with van der Waals surface area (Å²) >= 11 is 0. The van der Waals surface area contributed by atoms with Gasteiger partial charge in [-0.3, -0.25) is 4.90 Å². The molecule has 1 atom stereocenters. The third-order valence-corrected chi connectivity index (χ3v) is 5.54. The summed E-state index contributed by atoms with van der Waals surface area (Å²) in [5, 5.41) is 0. The number of piperidine rings is 1. The Morgan fingerprint density at radius 1 is 1.18 bits per heavy atom. The quantitative estimate of drug-likeness (QED) is 0.695. The summed E-state index contributed by atoms with van der Waals surface area (Å²) in [5.74, 6) is 0.00519. The third-order valence-electron chi connectivity index (χ3n) is 5.54. The lowest BCUT2D eigenvalue weighted by Crippen LogP contribution is -2.43. The summed E-state index contributed by atoms with van der Waals surface area (Å²) in [4.78, 5) is 16.2. The van der Waals surface area contributed by atoms with E-state index in [1.165, 1.54) is 5.56 Å². The highest BCUT2D eigenvalue weighted by atomic mass is 19.1. The lowest BCUT2D eigenvalue weighted by atomic mass is 9.86. The number of benzene rings is 1. The topological polar surface area (TPSA) is 32.8 Å². The van der Waals surface area contributed by atoms with Gasteiger partial charge in [-0.1, -0.05) is 36.4 Å². The first kappa shape index (κ1) is 20.8. The number of likely N-dealkylation sites (tertiary alicyclic amines) is 1. The van der Waals surface area contributed by atoms with Gasteiger partial charge < -0.3 is 9.64 Å². The molecule has 2 heterocycles. The molecule has 2 aliphatic heterocycles. The van der Waals surface area contributed by atoms with Crippen molar-refractivity contribution in [3.05, 3.63) is 47.5 Å². The molecule has 2 aliphatic rings. The maximum atomic E-state index is 15.1. The smallest absolute Gasteiger partial charge is 0.410 e. The fourth-order valence-corrected chi connectivity index (χ4v) is 3.97. The maximum absolute atomic E-state index is 15.1. The number of halogens is 1. The molecule has 1 aromatic rings. The number of hydrogen-bond donors (Lipinski definition) is 0. The number of carbonyl (C=O) groups is 1. The molecule has 0 aliphatic carbocycles. The minimum atomic E-state index is -0.889. The van der Waals surface area contributed by atoms with Crippen molar-refractivity contribution in [1.82, 2.24) is 9.80 Å². The van der Waals surface area contributed by atoms with Crippen LogP contribution >= 0.6 is 0 Å². The van der Waals surface area contributed by atoms with Crippen molar-refractivity contribution in [2.24, 2.45) is 5.92 Å². The van der Waals surface area contributed by atoms with Crippen LogP contribution in [-0.2, 0) is 11.3 Å². The molecule has 4 nitrogen and oxygen atoms in total. The fourth-order valence-electron chi connectivity index (χ4n) is 3.97. The number of rotatable bonds is 4. The van der Waals surface area contributed by atoms with Gasteiger partial charge in [0.1, 0.15) is 11.8 Å². The van der Waals surface area contributed by atoms with Crippen LogP contribution in [0.5, 0.6) is 0 Å². The van der Waals surface area contributed by atoms with Crippen molar-refractivity contribution in [3.8, 4) is 0 Å². The molecule has 1 aromatic carbocycles. The van der Waals surface area contributed by atoms with Crippen LogP contribution in [0.15, 0.2) is 42.0 Å². The van der Waals surface area contributed by atoms with Gasteiger partial charge in [-0.05, 0) is 57.1 Å². The van der Waals surface area contributed by atoms with Crippen LogP contribution in [0.25, 0.3) is 0 Å². The zero-order valence-electron chi connectivity index (χ0n) is 17.4. The van der Waals surface area contributed by atoms with Crippen molar-refractivity contribution < 1.29 is 13.9 Å². The van der Waals surface area contributed by atoms with Crippen LogP contribution in [0.4, 0.5) is 9.18 Å². The van der Waals surface area contributed by atoms with Gasteiger partial charge in [-0.15, -0.1) is 0 Å². The molecule has 0 saturated carbocycles. The van der Waals surface area contributed by atoms with E-state index < -0.39 is 11.8 Å². The average molecular weight is 389 g/mol. The number of nitrogens with zero attached hydrogens (tertiary/aromatic N) is 2. The Bertz CT molecular complexity index is 676. The summed E-state index contributed by atoms with van der Waals surface area (Å²) < 4.78 is 20.5. The van der Waals surface area contributed by atoms with Gasteiger partial charge in [0.25, 0.3) is 0 Å². The second-order valence-electron chi connectivity index (χ2n) is 8.96. The van der Waals surface area contributed by atoms with E-state index in [1.54, 1.807) is 4.90 Å². The van der Waals surface area contributed by atoms with Gasteiger partial charge in [0, 0.05) is 32.7 Å². The third kappa shape index (κ3) is 5.81. The van der Waals surface area contributed by atoms with E-state index in [1.807, 2.05) is 26.8 Å². The molecule has 0 N–H and O–H groups in total. The van der Waals surface area contributed by atoms with Crippen LogP contribution in [0.1, 0.15) is 45.6 Å². The van der Waals surface area contributed by atoms with Crippen molar-refractivity contribution in [2.75, 3.05) is 26.2 Å². The molecule has 1 saturated heterocycles. The maximum Gasteiger partial charge on any atom is 0.410 e. The monoisotopic (exact) mass is 388 g/mol. The number of alkyl halides is 1. The lowest BCUT2D eigenvalue weighted by Gasteiger charge is -2.36. The highest BCUT2D eigenvalue weighted by molar-refractivity contribution is 5.68. The van der Waals surface area contributed by atoms with Crippen LogP contribution in [0, 0.1) is 5.92 Å². The lowest BCUT2D eigenvalue weighted by molar-refractivity contribution is 0.0154. The second kappa shape index (κ2) is 9.08. The van der Waals surface area contributed by atoms with Gasteiger partial charge in [0.15, 0.2) is 0 Å². The van der Waals surface area contributed by atoms with Gasteiger partial charge in [0.05, 0.1) is 0 Å². The van der Waals surface area contributed by atoms with E-state index in [0.29, 0.717) is 25.9 Å². The first-order valence-electron chi connectivity index (χ1n) is 10.4. The normalized spacial score (nSPS) is 20.6. The summed E-state index contributed by atoms with van der Waals surface area (Å²) in [6, 6.07) is 10.4. The van der Waals surface area contributed by atoms with Crippen molar-refractivity contribution in [1.29, 1.82) is 0 Å². The molecule has 1 fully saturated rings. The van der Waals surface area contributed by atoms with E-state index in [4.69, 9.17) is 4.74 Å². The predicted octanol–water partition coefficient (Wildman–Crippen LogP) is 4.80. The van der Waals surface area contributed by atoms with Crippen LogP contribution in [0.2, 0.25) is 0 Å². The molecule has 1 amide bonds. The molecule has 28 heavy (non-hydrogen) atoms. The Kier molecular flexibility index (Phi) is 6.76. The van der Waals surface area contributed by atoms with E-state index in [2.05, 4.69) is 35.2 Å². The molecule has 154 valence electrons. The first-order valence-corrected chi connectivity index (χ1v) is 10.4. The molecule has 0 radical (unpaired) electrons. The van der Waals surface area contributed by atoms with E-state index in [-0.39, 0.29) is 12.0 Å². The Hall–Kier alpha value is -1.88. The van der Waals surface area contributed by atoms with Crippen molar-refractivity contribution in [2.45, 2.75) is 58.4 Å². The van der Waals surface area contributed by atoms with Gasteiger partial charge in [0.2, 0.25) is 0 Å². The fraction of sp³-hybridized carbons (Fsp3) is 0.609. The molecule has 0 aromatic heterocycles. The van der Waals surface area contributed by atoms with Crippen molar-refractivity contribution in [3.63, 3.8) is 0 Å². The molecule has 5 heteroatoms. The van der Waals surface area contributed by atoms with E-state index >= 15 is 4.39 Å². The number of hydrogen-bond acceptors (Lipinski definition) is 3. The Balaban J connectivity index is 1.46. The van der Waals surface area contributed by atoms with Gasteiger partial charge in [-0.2, -0.15) is 0 Å². The minimum Gasteiger partial charge on any atom is -0.444 e. The first-order chi connectivity index (χ1) is 13.3. The molecule has 0 bridgehead atoms. The minimum absolute atomic E-state index is 0.00519. The summed E-state index contributed by atoms with van der Waals surface area (Å²) in [5.41, 5.74) is 1.75. The number of carbonyl (C=O) groups excluding carboxylic acids is 1. The molecular formula is C23H33FN2O2. The average Bonchev–Trinajstić information content (AvgIpc) is 2.68. The highest BCUT2D eigenvalue weighted by Crippen LogP contribution is 2.31. The Morgan fingerprint density at radius 3 is 2.43 bits per heavy atom. The number of amides is 1. The Labute approximate surface area is 168 Å². The zero-order valence-corrected chi connectivity index (χ0v) is 17.4. The zero-order chi connectivity index (χ0) is 20.1. The van der Waals surface area contributed by atoms with Gasteiger partial charge in [-0.25, -0.2) is 9.18 Å². The summed E-state index contributed by atoms with van der Waals surface area (Å²) in [6.07, 6.45) is 3.10. The molecule has 3 rings (SSSR count). The van der Waals surface area contributed by atoms with Crippen LogP contribution < -0.4 is 0 Å². The molecular weight excluding hydrogens is 355 g/mol. The van der Waals surface area contributed by atoms with E-state index in [0.717, 1.165) is 31.6 Å². The standard InChI is InChI=1S/C23H33FN2O2/c1-23(2,3)28-22(27)26-15-11-20(12-16-26)21(24)19-9-13-25(14-10-19)17-18-7-5-4-6-8-18/h4-9,20-21H,10-17H2,1-3H3. The molecule has 1 unspecified atom stereocenters. The van der Waals surface area contributed by atoms with Gasteiger partial charge >= 0.3 is 6.09 Å². The second-order valence-corrected chi connectivity index (χ2v) is 8.96. The SMILES string of the molecule is CC(C)(C)OC(=O)N1CCC(C(F)C2=CCN(Cc3ccccc3)CC2)CC1.